The van der Waals surface area contributed by atoms with Gasteiger partial charge in [0.2, 0.25) is 0 Å². The number of cyclic esters (lactones) is 1. The molecule has 0 aliphatic carbocycles. The number of nitrogens with zero attached hydrogens (tertiary/aromatic N) is 1. The molecule has 2 rings (SSSR count). The second-order valence-corrected chi connectivity index (χ2v) is 13.2. The Morgan fingerprint density at radius 1 is 1.00 bits per heavy atom. The molecular weight excluding hydrogens is 600 g/mol. The lowest BCUT2D eigenvalue weighted by atomic mass is 9.82. The highest BCUT2D eigenvalue weighted by atomic mass is 16.6. The van der Waals surface area contributed by atoms with Crippen LogP contribution in [-0.2, 0) is 14.3 Å². The standard InChI is InChI=1S/C37H56N2O8/c1-9-10-12-25(5)35(47-37(45)39-29-17-19-38-20-18-29)27(7)33(42)23(3)14-11-13-22(2)32(41)24(4)15-16-30(40)21-31-26(6)34(43)28(8)36(44)46-31/h9-13,15-20,22-28,30-35,40-43H,1,14,21H2,2-8H3,(H,38,39,45)/b12-10-,13-11-,16-15-/t22-,23-,24-,25-,26-,27-,28+,30+,31-,32+,33+,34-,35-/m0/s1. The number of carbonyl (C=O) groups excluding carboxylic acids is 2. The highest BCUT2D eigenvalue weighted by Gasteiger charge is 2.41. The lowest BCUT2D eigenvalue weighted by molar-refractivity contribution is -0.179. The minimum Gasteiger partial charge on any atom is -0.462 e. The van der Waals surface area contributed by atoms with Crippen LogP contribution in [0.4, 0.5) is 10.5 Å². The van der Waals surface area contributed by atoms with Gasteiger partial charge in [-0.3, -0.25) is 15.1 Å². The summed E-state index contributed by atoms with van der Waals surface area (Å²) in [4.78, 5) is 28.7. The van der Waals surface area contributed by atoms with Crippen LogP contribution in [-0.4, -0.2) is 74.1 Å². The molecule has 0 radical (unpaired) electrons. The summed E-state index contributed by atoms with van der Waals surface area (Å²) in [5.74, 6) is -2.58. The van der Waals surface area contributed by atoms with E-state index in [9.17, 15) is 30.0 Å². The summed E-state index contributed by atoms with van der Waals surface area (Å²) >= 11 is 0. The molecule has 1 aromatic rings. The zero-order chi connectivity index (χ0) is 35.3. The van der Waals surface area contributed by atoms with Gasteiger partial charge >= 0.3 is 12.1 Å². The van der Waals surface area contributed by atoms with Gasteiger partial charge < -0.3 is 29.9 Å². The molecule has 1 amide bonds. The van der Waals surface area contributed by atoms with Crippen molar-refractivity contribution in [2.45, 2.75) is 97.9 Å². The van der Waals surface area contributed by atoms with Crippen LogP contribution in [0.15, 0.2) is 73.6 Å². The van der Waals surface area contributed by atoms with Gasteiger partial charge in [-0.1, -0.05) is 90.7 Å². The number of anilines is 1. The third-order valence-corrected chi connectivity index (χ3v) is 9.29. The van der Waals surface area contributed by atoms with E-state index in [4.69, 9.17) is 9.47 Å². The normalized spacial score (nSPS) is 26.1. The van der Waals surface area contributed by atoms with Crippen LogP contribution in [0.25, 0.3) is 0 Å². The first-order chi connectivity index (χ1) is 22.2. The van der Waals surface area contributed by atoms with Crippen molar-refractivity contribution in [3.8, 4) is 0 Å². The number of hydrogen-bond donors (Lipinski definition) is 5. The molecule has 0 saturated carbocycles. The van der Waals surface area contributed by atoms with Crippen molar-refractivity contribution in [2.75, 3.05) is 5.32 Å². The lowest BCUT2D eigenvalue weighted by Crippen LogP contribution is -2.47. The number of rotatable bonds is 17. The summed E-state index contributed by atoms with van der Waals surface area (Å²) in [6, 6.07) is 3.32. The number of esters is 1. The lowest BCUT2D eigenvalue weighted by Gasteiger charge is -2.36. The number of aliphatic hydroxyl groups is 4. The summed E-state index contributed by atoms with van der Waals surface area (Å²) in [7, 11) is 0. The topological polar surface area (TPSA) is 158 Å². The third-order valence-electron chi connectivity index (χ3n) is 9.29. The van der Waals surface area contributed by atoms with Crippen molar-refractivity contribution < 1.29 is 39.5 Å². The highest BCUT2D eigenvalue weighted by Crippen LogP contribution is 2.30. The number of aromatic nitrogens is 1. The van der Waals surface area contributed by atoms with Crippen molar-refractivity contribution in [1.82, 2.24) is 4.98 Å². The van der Waals surface area contributed by atoms with Crippen molar-refractivity contribution in [1.29, 1.82) is 0 Å². The first-order valence-electron chi connectivity index (χ1n) is 16.6. The zero-order valence-electron chi connectivity index (χ0n) is 28.8. The molecular formula is C37H56N2O8. The Bertz CT molecular complexity index is 1200. The molecule has 262 valence electrons. The zero-order valence-corrected chi connectivity index (χ0v) is 28.8. The van der Waals surface area contributed by atoms with E-state index >= 15 is 0 Å². The van der Waals surface area contributed by atoms with Gasteiger partial charge in [-0.05, 0) is 31.4 Å². The SMILES string of the molecule is C=C/C=C\[C@H](C)[C@H](OC(=O)Nc1ccncc1)[C@@H](C)[C@H](O)[C@@H](C)C/C=C\[C@H](C)[C@@H](O)[C@@H](C)/C=C\[C@@H](O)C[C@@H]1OC(=O)[C@H](C)[C@@H](O)[C@H]1C. The number of ether oxygens (including phenoxy) is 2. The molecule has 1 fully saturated rings. The maximum absolute atomic E-state index is 12.7. The molecule has 1 aliphatic heterocycles. The monoisotopic (exact) mass is 656 g/mol. The minimum atomic E-state index is -0.898. The van der Waals surface area contributed by atoms with E-state index in [0.29, 0.717) is 12.1 Å². The maximum atomic E-state index is 12.7. The van der Waals surface area contributed by atoms with Gasteiger partial charge in [0.05, 0.1) is 30.3 Å². The van der Waals surface area contributed by atoms with E-state index in [1.165, 1.54) is 0 Å². The number of amides is 1. The summed E-state index contributed by atoms with van der Waals surface area (Å²) in [6.45, 7) is 16.6. The molecule has 2 heterocycles. The first kappa shape index (κ1) is 39.9. The molecule has 1 saturated heterocycles. The summed E-state index contributed by atoms with van der Waals surface area (Å²) in [5, 5.41) is 45.7. The number of aliphatic hydroxyl groups excluding tert-OH is 4. The number of carbonyl (C=O) groups is 2. The van der Waals surface area contributed by atoms with Gasteiger partial charge in [0.15, 0.2) is 0 Å². The van der Waals surface area contributed by atoms with Crippen LogP contribution in [0.1, 0.15) is 61.3 Å². The molecule has 10 heteroatoms. The predicted molar refractivity (Wildman–Crippen MR) is 183 cm³/mol. The van der Waals surface area contributed by atoms with E-state index in [1.54, 1.807) is 62.7 Å². The quantitative estimate of drug-likeness (QED) is 0.0835. The summed E-state index contributed by atoms with van der Waals surface area (Å²) < 4.78 is 11.2. The van der Waals surface area contributed by atoms with E-state index in [2.05, 4.69) is 16.9 Å². The Hall–Kier alpha value is -3.31. The molecule has 1 aliphatic rings. The van der Waals surface area contributed by atoms with Gasteiger partial charge in [-0.2, -0.15) is 0 Å². The third kappa shape index (κ3) is 12.3. The van der Waals surface area contributed by atoms with E-state index < -0.39 is 60.5 Å². The summed E-state index contributed by atoms with van der Waals surface area (Å²) in [6.07, 6.45) is 11.3. The second kappa shape index (κ2) is 19.5. The van der Waals surface area contributed by atoms with Gasteiger partial charge in [-0.15, -0.1) is 0 Å². The van der Waals surface area contributed by atoms with Crippen molar-refractivity contribution in [2.24, 2.45) is 41.4 Å². The Labute approximate surface area is 280 Å². The number of hydrogen-bond acceptors (Lipinski definition) is 9. The van der Waals surface area contributed by atoms with Crippen molar-refractivity contribution in [3.05, 3.63) is 73.6 Å². The average Bonchev–Trinajstić information content (AvgIpc) is 3.05. The molecule has 1 aromatic heterocycles. The highest BCUT2D eigenvalue weighted by molar-refractivity contribution is 5.84. The van der Waals surface area contributed by atoms with Gasteiger partial charge in [0, 0.05) is 54.1 Å². The van der Waals surface area contributed by atoms with E-state index in [-0.39, 0.29) is 36.0 Å². The molecule has 0 aromatic carbocycles. The number of pyridine rings is 1. The minimum absolute atomic E-state index is 0.161. The van der Waals surface area contributed by atoms with Crippen LogP contribution in [0.3, 0.4) is 0 Å². The van der Waals surface area contributed by atoms with Crippen LogP contribution < -0.4 is 5.32 Å². The van der Waals surface area contributed by atoms with Crippen LogP contribution in [0, 0.1) is 41.4 Å². The van der Waals surface area contributed by atoms with Crippen molar-refractivity contribution >= 4 is 17.7 Å². The van der Waals surface area contributed by atoms with Crippen LogP contribution in [0.5, 0.6) is 0 Å². The molecule has 0 unspecified atom stereocenters. The molecule has 0 bridgehead atoms. The molecule has 5 N–H and O–H groups in total. The molecule has 10 nitrogen and oxygen atoms in total. The fourth-order valence-corrected chi connectivity index (χ4v) is 5.89. The van der Waals surface area contributed by atoms with Gasteiger partial charge in [0.25, 0.3) is 0 Å². The molecule has 13 atom stereocenters. The van der Waals surface area contributed by atoms with E-state index in [1.807, 2.05) is 52.8 Å². The Morgan fingerprint density at radius 2 is 1.64 bits per heavy atom. The van der Waals surface area contributed by atoms with Crippen LogP contribution in [0.2, 0.25) is 0 Å². The predicted octanol–water partition coefficient (Wildman–Crippen LogP) is 5.46. The number of nitrogens with one attached hydrogen (secondary N) is 1. The van der Waals surface area contributed by atoms with Gasteiger partial charge in [-0.25, -0.2) is 4.79 Å². The smallest absolute Gasteiger partial charge is 0.411 e. The fourth-order valence-electron chi connectivity index (χ4n) is 5.89. The van der Waals surface area contributed by atoms with Crippen molar-refractivity contribution in [3.63, 3.8) is 0 Å². The molecule has 47 heavy (non-hydrogen) atoms. The molecule has 0 spiro atoms. The first-order valence-corrected chi connectivity index (χ1v) is 16.6. The Kier molecular flexibility index (Phi) is 16.5. The second-order valence-electron chi connectivity index (χ2n) is 13.2. The Balaban J connectivity index is 1.93. The van der Waals surface area contributed by atoms with Gasteiger partial charge in [0.1, 0.15) is 12.2 Å². The average molecular weight is 657 g/mol. The van der Waals surface area contributed by atoms with Crippen LogP contribution >= 0.6 is 0 Å². The van der Waals surface area contributed by atoms with E-state index in [0.717, 1.165) is 0 Å². The number of allylic oxidation sites excluding steroid dienone is 3. The summed E-state index contributed by atoms with van der Waals surface area (Å²) in [5.41, 5.74) is 0.554. The largest absolute Gasteiger partial charge is 0.462 e. The maximum Gasteiger partial charge on any atom is 0.411 e. The fraction of sp³-hybridized carbons (Fsp3) is 0.595. The Morgan fingerprint density at radius 3 is 2.28 bits per heavy atom.